The van der Waals surface area contributed by atoms with Crippen LogP contribution in [0.1, 0.15) is 41.0 Å². The molecule has 0 aromatic heterocycles. The molecule has 1 fully saturated rings. The van der Waals surface area contributed by atoms with Crippen molar-refractivity contribution in [1.29, 1.82) is 0 Å². The molecule has 104 valence electrons. The number of rotatable bonds is 6. The number of nitrogens with one attached hydrogen (secondary N) is 1. The number of hydrogen-bond acceptors (Lipinski definition) is 1. The van der Waals surface area contributed by atoms with Crippen LogP contribution < -0.4 is 5.32 Å². The molecular weight excluding hydrogens is 226 g/mol. The van der Waals surface area contributed by atoms with Crippen LogP contribution >= 0.6 is 10.0 Å². The van der Waals surface area contributed by atoms with Crippen molar-refractivity contribution in [1.82, 2.24) is 5.32 Å². The average Bonchev–Trinajstić information content (AvgIpc) is 2.66. The summed E-state index contributed by atoms with van der Waals surface area (Å²) in [6.07, 6.45) is 8.60. The lowest BCUT2D eigenvalue weighted by atomic mass is 10.0. The van der Waals surface area contributed by atoms with Gasteiger partial charge in [0.15, 0.2) is 0 Å². The van der Waals surface area contributed by atoms with Crippen molar-refractivity contribution in [2.24, 2.45) is 17.3 Å². The molecule has 0 radical (unpaired) electrons. The van der Waals surface area contributed by atoms with Crippen molar-refractivity contribution < 1.29 is 0 Å². The van der Waals surface area contributed by atoms with Crippen LogP contribution in [0.2, 0.25) is 0 Å². The van der Waals surface area contributed by atoms with Crippen LogP contribution in [0.15, 0.2) is 0 Å². The van der Waals surface area contributed by atoms with Crippen LogP contribution in [0, 0.1) is 17.3 Å². The summed E-state index contributed by atoms with van der Waals surface area (Å²) in [6.45, 7) is 13.2. The molecule has 0 spiro atoms. The highest BCUT2D eigenvalue weighted by Crippen LogP contribution is 2.57. The first kappa shape index (κ1) is 15.4. The topological polar surface area (TPSA) is 12.0 Å². The van der Waals surface area contributed by atoms with Crippen molar-refractivity contribution in [3.05, 3.63) is 0 Å². The molecule has 1 aliphatic carbocycles. The lowest BCUT2D eigenvalue weighted by molar-refractivity contribution is 0.400. The molecular formula is C15H33NS. The fraction of sp³-hybridized carbons (Fsp3) is 1.00. The smallest absolute Gasteiger partial charge is 0.00488 e. The van der Waals surface area contributed by atoms with Crippen LogP contribution in [-0.2, 0) is 0 Å². The Morgan fingerprint density at radius 2 is 1.59 bits per heavy atom. The van der Waals surface area contributed by atoms with Gasteiger partial charge in [-0.15, -0.1) is 0 Å². The third-order valence-electron chi connectivity index (χ3n) is 5.45. The number of hydrogen-bond donors (Lipinski definition) is 1. The minimum absolute atomic E-state index is 0.398. The van der Waals surface area contributed by atoms with E-state index in [4.69, 9.17) is 0 Å². The van der Waals surface area contributed by atoms with Gasteiger partial charge in [0.2, 0.25) is 0 Å². The Morgan fingerprint density at radius 3 is 1.94 bits per heavy atom. The molecule has 4 unspecified atom stereocenters. The highest BCUT2D eigenvalue weighted by atomic mass is 32.3. The van der Waals surface area contributed by atoms with Gasteiger partial charge in [0.05, 0.1) is 0 Å². The van der Waals surface area contributed by atoms with E-state index in [1.807, 2.05) is 0 Å². The Morgan fingerprint density at radius 1 is 1.12 bits per heavy atom. The van der Waals surface area contributed by atoms with Crippen LogP contribution in [0.25, 0.3) is 0 Å². The molecule has 0 saturated heterocycles. The predicted octanol–water partition coefficient (Wildman–Crippen LogP) is 3.73. The molecule has 0 heterocycles. The normalized spacial score (nSPS) is 37.6. The van der Waals surface area contributed by atoms with E-state index in [0.717, 1.165) is 17.1 Å². The zero-order chi connectivity index (χ0) is 13.4. The largest absolute Gasteiger partial charge is 0.314 e. The Labute approximate surface area is 110 Å². The zero-order valence-corrected chi connectivity index (χ0v) is 13.9. The van der Waals surface area contributed by atoms with Crippen molar-refractivity contribution >= 4 is 10.0 Å². The van der Waals surface area contributed by atoms with E-state index in [-0.39, 0.29) is 0 Å². The Balaban J connectivity index is 2.29. The summed E-state index contributed by atoms with van der Waals surface area (Å²) in [5.74, 6) is 1.79. The van der Waals surface area contributed by atoms with Gasteiger partial charge in [-0.2, -0.15) is 0 Å². The molecule has 17 heavy (non-hydrogen) atoms. The maximum absolute atomic E-state index is 3.76. The Bertz CT molecular complexity index is 248. The van der Waals surface area contributed by atoms with E-state index in [1.54, 1.807) is 0 Å². The SMILES string of the molecule is CC(CC(C)S(C)(C)C)NCC1(C)C(C)C1C. The summed E-state index contributed by atoms with van der Waals surface area (Å²) < 4.78 is 0. The highest BCUT2D eigenvalue weighted by molar-refractivity contribution is 8.32. The summed E-state index contributed by atoms with van der Waals surface area (Å²) >= 11 is 0. The second kappa shape index (κ2) is 5.13. The van der Waals surface area contributed by atoms with Crippen molar-refractivity contribution in [2.45, 2.75) is 52.3 Å². The lowest BCUT2D eigenvalue weighted by Gasteiger charge is -2.35. The van der Waals surface area contributed by atoms with Gasteiger partial charge in [0.1, 0.15) is 0 Å². The predicted molar refractivity (Wildman–Crippen MR) is 83.3 cm³/mol. The Hall–Kier alpha value is 0.310. The summed E-state index contributed by atoms with van der Waals surface area (Å²) in [5.41, 5.74) is 0.562. The van der Waals surface area contributed by atoms with E-state index < -0.39 is 10.0 Å². The van der Waals surface area contributed by atoms with Gasteiger partial charge >= 0.3 is 0 Å². The van der Waals surface area contributed by atoms with E-state index in [1.165, 1.54) is 13.0 Å². The molecule has 1 aliphatic rings. The van der Waals surface area contributed by atoms with E-state index in [2.05, 4.69) is 58.7 Å². The molecule has 4 atom stereocenters. The fourth-order valence-corrected chi connectivity index (χ4v) is 3.52. The third kappa shape index (κ3) is 3.64. The first-order valence-corrected chi connectivity index (χ1v) is 9.91. The first-order valence-electron chi connectivity index (χ1n) is 6.99. The molecule has 2 heteroatoms. The summed E-state index contributed by atoms with van der Waals surface area (Å²) in [4.78, 5) is 0. The van der Waals surface area contributed by atoms with Gasteiger partial charge in [-0.1, -0.05) is 27.7 Å². The molecule has 1 nitrogen and oxygen atoms in total. The summed E-state index contributed by atoms with van der Waals surface area (Å²) in [7, 11) is -0.398. The molecule has 0 aromatic carbocycles. The maximum atomic E-state index is 3.76. The van der Waals surface area contributed by atoms with Crippen molar-refractivity contribution in [3.8, 4) is 0 Å². The van der Waals surface area contributed by atoms with Crippen LogP contribution in [0.3, 0.4) is 0 Å². The average molecular weight is 260 g/mol. The molecule has 0 aliphatic heterocycles. The van der Waals surface area contributed by atoms with Gasteiger partial charge < -0.3 is 5.32 Å². The van der Waals surface area contributed by atoms with E-state index in [9.17, 15) is 0 Å². The lowest BCUT2D eigenvalue weighted by Crippen LogP contribution is -2.35. The fourth-order valence-electron chi connectivity index (χ4n) is 2.66. The van der Waals surface area contributed by atoms with Gasteiger partial charge in [0, 0.05) is 12.6 Å². The summed E-state index contributed by atoms with van der Waals surface area (Å²) in [5, 5.41) is 4.62. The van der Waals surface area contributed by atoms with Gasteiger partial charge in [-0.05, 0) is 54.6 Å². The minimum atomic E-state index is -0.398. The highest BCUT2D eigenvalue weighted by Gasteiger charge is 2.54. The zero-order valence-electron chi connectivity index (χ0n) is 13.1. The van der Waals surface area contributed by atoms with Gasteiger partial charge in [-0.3, -0.25) is 0 Å². The van der Waals surface area contributed by atoms with Gasteiger partial charge in [-0.25, -0.2) is 10.0 Å². The van der Waals surface area contributed by atoms with Crippen LogP contribution in [0.5, 0.6) is 0 Å². The van der Waals surface area contributed by atoms with Crippen molar-refractivity contribution in [2.75, 3.05) is 25.3 Å². The molecule has 1 N–H and O–H groups in total. The van der Waals surface area contributed by atoms with Crippen LogP contribution in [-0.4, -0.2) is 36.6 Å². The van der Waals surface area contributed by atoms with Crippen LogP contribution in [0.4, 0.5) is 0 Å². The minimum Gasteiger partial charge on any atom is -0.314 e. The van der Waals surface area contributed by atoms with Crippen molar-refractivity contribution in [3.63, 3.8) is 0 Å². The molecule has 1 rings (SSSR count). The maximum Gasteiger partial charge on any atom is 0.00488 e. The molecule has 0 aromatic rings. The second-order valence-corrected chi connectivity index (χ2v) is 12.0. The molecule has 0 amide bonds. The monoisotopic (exact) mass is 259 g/mol. The molecule has 0 bridgehead atoms. The van der Waals surface area contributed by atoms with Gasteiger partial charge in [0.25, 0.3) is 0 Å². The first-order chi connectivity index (χ1) is 7.59. The van der Waals surface area contributed by atoms with E-state index in [0.29, 0.717) is 11.5 Å². The standard InChI is InChI=1S/C15H33NS/c1-11(9-12(2)17(6,7)8)16-10-15(5)13(3)14(15)4/h11-14,16H,9-10H2,1-8H3. The molecule has 1 saturated carbocycles. The second-order valence-electron chi connectivity index (χ2n) is 7.34. The Kier molecular flexibility index (Phi) is 4.63. The third-order valence-corrected chi connectivity index (χ3v) is 8.05. The summed E-state index contributed by atoms with van der Waals surface area (Å²) in [6, 6.07) is 0.661. The van der Waals surface area contributed by atoms with E-state index >= 15 is 0 Å². The quantitative estimate of drug-likeness (QED) is 0.766.